The van der Waals surface area contributed by atoms with Gasteiger partial charge in [-0.25, -0.2) is 0 Å². The van der Waals surface area contributed by atoms with Gasteiger partial charge in [-0.15, -0.1) is 0 Å². The third-order valence-corrected chi connectivity index (χ3v) is 8.21. The number of hydrogen-bond acceptors (Lipinski definition) is 4. The summed E-state index contributed by atoms with van der Waals surface area (Å²) in [5.41, 5.74) is 2.18. The Morgan fingerprint density at radius 1 is 0.725 bits per heavy atom. The van der Waals surface area contributed by atoms with Crippen LogP contribution in [0.2, 0.25) is 0 Å². The summed E-state index contributed by atoms with van der Waals surface area (Å²) >= 11 is 0. The number of benzene rings is 2. The number of amides is 1. The van der Waals surface area contributed by atoms with E-state index in [2.05, 4.69) is 45.1 Å². The van der Waals surface area contributed by atoms with E-state index >= 15 is 0 Å². The number of carbonyl (C=O) groups excluding carboxylic acids is 2. The van der Waals surface area contributed by atoms with Crippen molar-refractivity contribution in [3.05, 3.63) is 71.8 Å². The lowest BCUT2D eigenvalue weighted by molar-refractivity contribution is -0.124. The molecule has 0 spiro atoms. The molecule has 2 aromatic rings. The van der Waals surface area contributed by atoms with E-state index in [1.807, 2.05) is 48.5 Å². The Bertz CT molecular complexity index is 901. The van der Waals surface area contributed by atoms with Crippen LogP contribution in [0, 0.1) is 23.7 Å². The third kappa shape index (κ3) is 10.5. The Balaban J connectivity index is 1.23. The first-order valence-electron chi connectivity index (χ1n) is 15.4. The topological polar surface area (TPSA) is 64.6 Å². The molecule has 3 rings (SSSR count). The van der Waals surface area contributed by atoms with Gasteiger partial charge in [0, 0.05) is 38.7 Å². The van der Waals surface area contributed by atoms with E-state index in [0.29, 0.717) is 49.7 Å². The van der Waals surface area contributed by atoms with E-state index in [-0.39, 0.29) is 23.7 Å². The van der Waals surface area contributed by atoms with Crippen molar-refractivity contribution >= 4 is 11.7 Å². The molecule has 1 N–H and O–H groups in total. The monoisotopic (exact) mass is 549 g/mol. The van der Waals surface area contributed by atoms with Crippen molar-refractivity contribution in [2.45, 2.75) is 78.1 Å². The average molecular weight is 550 g/mol. The van der Waals surface area contributed by atoms with Gasteiger partial charge in [-0.1, -0.05) is 88.4 Å². The van der Waals surface area contributed by atoms with Crippen molar-refractivity contribution in [2.24, 2.45) is 23.7 Å². The molecule has 1 aliphatic rings. The summed E-state index contributed by atoms with van der Waals surface area (Å²) in [7, 11) is 0. The third-order valence-electron chi connectivity index (χ3n) is 8.21. The van der Waals surface area contributed by atoms with Crippen LogP contribution < -0.4 is 5.32 Å². The lowest BCUT2D eigenvalue weighted by Crippen LogP contribution is -2.34. The minimum atomic E-state index is -0.134. The van der Waals surface area contributed by atoms with Crippen LogP contribution in [0.3, 0.4) is 0 Å². The van der Waals surface area contributed by atoms with Crippen LogP contribution in [0.15, 0.2) is 60.7 Å². The fourth-order valence-electron chi connectivity index (χ4n) is 6.03. The van der Waals surface area contributed by atoms with Crippen LogP contribution >= 0.6 is 0 Å². The summed E-state index contributed by atoms with van der Waals surface area (Å²) in [6.07, 6.45) is 6.02. The van der Waals surface area contributed by atoms with Gasteiger partial charge in [-0.05, 0) is 66.9 Å². The molecule has 2 unspecified atom stereocenters. The largest absolute Gasteiger partial charge is 0.381 e. The maximum Gasteiger partial charge on any atom is 0.227 e. The molecular formula is C35H51NO4. The van der Waals surface area contributed by atoms with E-state index in [0.717, 1.165) is 43.6 Å². The van der Waals surface area contributed by atoms with Crippen molar-refractivity contribution in [3.63, 3.8) is 0 Å². The number of nitrogens with one attached hydrogen (secondary N) is 1. The van der Waals surface area contributed by atoms with Gasteiger partial charge in [0.2, 0.25) is 5.91 Å². The second kappa shape index (κ2) is 17.3. The van der Waals surface area contributed by atoms with Gasteiger partial charge in [0.1, 0.15) is 5.78 Å². The van der Waals surface area contributed by atoms with E-state index < -0.39 is 0 Å². The molecule has 5 heteroatoms. The van der Waals surface area contributed by atoms with Crippen LogP contribution in [0.25, 0.3) is 0 Å². The summed E-state index contributed by atoms with van der Waals surface area (Å²) in [6.45, 7) is 11.7. The summed E-state index contributed by atoms with van der Waals surface area (Å²) in [5, 5.41) is 3.07. The SMILES string of the molecule is CC(C)C(C(=O)CCCOCC1CCC(COCCNC(=O)C(c2ccccc2)C(C)C)CC1)c1ccccc1. The van der Waals surface area contributed by atoms with E-state index in [4.69, 9.17) is 9.47 Å². The highest BCUT2D eigenvalue weighted by Crippen LogP contribution is 2.30. The Hall–Kier alpha value is -2.50. The number of rotatable bonds is 17. The minimum absolute atomic E-state index is 0.0267. The molecule has 0 saturated heterocycles. The number of Topliss-reactive ketones (excluding diaryl/α,β-unsaturated/α-hetero) is 1. The standard InChI is InChI=1S/C35H51NO4/c1-26(2)33(30-12-7-5-8-13-30)32(37)16-11-22-39-24-28-17-19-29(20-18-28)25-40-23-21-36-35(38)34(27(3)4)31-14-9-6-10-15-31/h5-10,12-15,26-29,33-34H,11,16-25H2,1-4H3,(H,36,38). The summed E-state index contributed by atoms with van der Waals surface area (Å²) in [5.74, 6) is 1.96. The Kier molecular flexibility index (Phi) is 13.9. The highest BCUT2D eigenvalue weighted by molar-refractivity contribution is 5.86. The molecule has 5 nitrogen and oxygen atoms in total. The maximum absolute atomic E-state index is 12.9. The zero-order valence-electron chi connectivity index (χ0n) is 25.1. The molecule has 0 aromatic heterocycles. The number of carbonyl (C=O) groups is 2. The second-order valence-electron chi connectivity index (χ2n) is 12.2. The molecule has 0 heterocycles. The van der Waals surface area contributed by atoms with Gasteiger partial charge in [0.15, 0.2) is 0 Å². The molecule has 1 aliphatic carbocycles. The zero-order chi connectivity index (χ0) is 28.7. The predicted molar refractivity (Wildman–Crippen MR) is 162 cm³/mol. The van der Waals surface area contributed by atoms with Crippen molar-refractivity contribution in [2.75, 3.05) is 33.0 Å². The molecule has 1 amide bonds. The molecule has 0 bridgehead atoms. The van der Waals surface area contributed by atoms with Gasteiger partial charge in [0.25, 0.3) is 0 Å². The van der Waals surface area contributed by atoms with Gasteiger partial charge in [-0.3, -0.25) is 9.59 Å². The molecule has 0 radical (unpaired) electrons. The first kappa shape index (κ1) is 32.0. The lowest BCUT2D eigenvalue weighted by atomic mass is 9.83. The first-order valence-corrected chi connectivity index (χ1v) is 15.4. The van der Waals surface area contributed by atoms with E-state index in [9.17, 15) is 9.59 Å². The second-order valence-corrected chi connectivity index (χ2v) is 12.2. The number of ether oxygens (including phenoxy) is 2. The highest BCUT2D eigenvalue weighted by atomic mass is 16.5. The van der Waals surface area contributed by atoms with Gasteiger partial charge in [0.05, 0.1) is 12.5 Å². The lowest BCUT2D eigenvalue weighted by Gasteiger charge is -2.28. The van der Waals surface area contributed by atoms with Crippen LogP contribution in [-0.2, 0) is 19.1 Å². The van der Waals surface area contributed by atoms with Crippen molar-refractivity contribution in [3.8, 4) is 0 Å². The Morgan fingerprint density at radius 3 is 1.70 bits per heavy atom. The van der Waals surface area contributed by atoms with Crippen molar-refractivity contribution < 1.29 is 19.1 Å². The van der Waals surface area contributed by atoms with Gasteiger partial charge < -0.3 is 14.8 Å². The van der Waals surface area contributed by atoms with Crippen molar-refractivity contribution in [1.82, 2.24) is 5.32 Å². The van der Waals surface area contributed by atoms with Gasteiger partial charge in [-0.2, -0.15) is 0 Å². The van der Waals surface area contributed by atoms with E-state index in [1.165, 1.54) is 12.8 Å². The smallest absolute Gasteiger partial charge is 0.227 e. The van der Waals surface area contributed by atoms with Crippen LogP contribution in [-0.4, -0.2) is 44.7 Å². The minimum Gasteiger partial charge on any atom is -0.381 e. The average Bonchev–Trinajstić information content (AvgIpc) is 2.94. The number of hydrogen-bond donors (Lipinski definition) is 1. The van der Waals surface area contributed by atoms with Gasteiger partial charge >= 0.3 is 0 Å². The molecule has 1 saturated carbocycles. The Labute approximate surface area is 242 Å². The molecule has 0 aliphatic heterocycles. The molecule has 2 aromatic carbocycles. The van der Waals surface area contributed by atoms with Crippen LogP contribution in [0.5, 0.6) is 0 Å². The quantitative estimate of drug-likeness (QED) is 0.213. The maximum atomic E-state index is 12.9. The van der Waals surface area contributed by atoms with Crippen LogP contribution in [0.4, 0.5) is 0 Å². The zero-order valence-corrected chi connectivity index (χ0v) is 25.1. The summed E-state index contributed by atoms with van der Waals surface area (Å²) in [4.78, 5) is 25.6. The van der Waals surface area contributed by atoms with E-state index in [1.54, 1.807) is 0 Å². The molecule has 1 fully saturated rings. The highest BCUT2D eigenvalue weighted by Gasteiger charge is 2.25. The molecule has 220 valence electrons. The summed E-state index contributed by atoms with van der Waals surface area (Å²) in [6, 6.07) is 20.1. The summed E-state index contributed by atoms with van der Waals surface area (Å²) < 4.78 is 11.9. The fraction of sp³-hybridized carbons (Fsp3) is 0.600. The number of ketones is 1. The molecule has 40 heavy (non-hydrogen) atoms. The first-order chi connectivity index (χ1) is 19.4. The Morgan fingerprint density at radius 2 is 1.20 bits per heavy atom. The molecular weight excluding hydrogens is 498 g/mol. The fourth-order valence-corrected chi connectivity index (χ4v) is 6.03. The molecule has 2 atom stereocenters. The predicted octanol–water partition coefficient (Wildman–Crippen LogP) is 7.17. The van der Waals surface area contributed by atoms with Crippen molar-refractivity contribution in [1.29, 1.82) is 0 Å². The normalized spacial score (nSPS) is 18.9. The van der Waals surface area contributed by atoms with Crippen LogP contribution in [0.1, 0.15) is 89.2 Å².